The number of hydrogen-bond acceptors (Lipinski definition) is 4. The minimum Gasteiger partial charge on any atom is -0.373 e. The zero-order valence-electron chi connectivity index (χ0n) is 10.8. The van der Waals surface area contributed by atoms with Gasteiger partial charge in [0.2, 0.25) is 0 Å². The lowest BCUT2D eigenvalue weighted by Crippen LogP contribution is -2.28. The van der Waals surface area contributed by atoms with E-state index < -0.39 is 0 Å². The van der Waals surface area contributed by atoms with Gasteiger partial charge >= 0.3 is 0 Å². The summed E-state index contributed by atoms with van der Waals surface area (Å²) in [5.74, 6) is 0.415. The van der Waals surface area contributed by atoms with Crippen LogP contribution in [0.3, 0.4) is 0 Å². The Hall–Kier alpha value is -1.71. The molecule has 98 valence electrons. The molecule has 1 aliphatic heterocycles. The van der Waals surface area contributed by atoms with Crippen LogP contribution in [0.2, 0.25) is 0 Å². The molecule has 3 rings (SSSR count). The molecule has 19 heavy (non-hydrogen) atoms. The Kier molecular flexibility index (Phi) is 2.88. The highest BCUT2D eigenvalue weighted by molar-refractivity contribution is 7.71. The van der Waals surface area contributed by atoms with Crippen LogP contribution in [0.4, 0.5) is 0 Å². The Morgan fingerprint density at radius 2 is 2.37 bits per heavy atom. The molecule has 2 aromatic rings. The quantitative estimate of drug-likeness (QED) is 0.811. The van der Waals surface area contributed by atoms with Crippen LogP contribution in [0, 0.1) is 21.9 Å². The van der Waals surface area contributed by atoms with Crippen LogP contribution in [0.1, 0.15) is 30.5 Å². The fourth-order valence-electron chi connectivity index (χ4n) is 2.54. The van der Waals surface area contributed by atoms with Crippen molar-refractivity contribution in [2.45, 2.75) is 33.0 Å². The van der Waals surface area contributed by atoms with E-state index in [-0.39, 0.29) is 6.10 Å². The zero-order chi connectivity index (χ0) is 13.6. The predicted molar refractivity (Wildman–Crippen MR) is 72.2 cm³/mol. The third kappa shape index (κ3) is 1.78. The van der Waals surface area contributed by atoms with Crippen LogP contribution in [0.15, 0.2) is 6.33 Å². The van der Waals surface area contributed by atoms with Crippen LogP contribution in [-0.2, 0) is 17.8 Å². The molecule has 0 spiro atoms. The summed E-state index contributed by atoms with van der Waals surface area (Å²) in [6.45, 7) is 4.74. The van der Waals surface area contributed by atoms with Gasteiger partial charge in [0.05, 0.1) is 18.3 Å². The van der Waals surface area contributed by atoms with E-state index >= 15 is 0 Å². The first-order chi connectivity index (χ1) is 9.13. The Balaban J connectivity index is 2.29. The molecule has 0 fully saturated rings. The molecule has 2 aromatic heterocycles. The maximum Gasteiger partial charge on any atom is 0.139 e. The summed E-state index contributed by atoms with van der Waals surface area (Å²) in [4.78, 5) is 0. The van der Waals surface area contributed by atoms with E-state index in [1.54, 1.807) is 10.7 Å². The van der Waals surface area contributed by atoms with E-state index in [0.29, 0.717) is 22.7 Å². The number of aromatic nitrogens is 3. The lowest BCUT2D eigenvalue weighted by Gasteiger charge is -2.28. The highest BCUT2D eigenvalue weighted by Crippen LogP contribution is 2.30. The molecule has 0 aromatic carbocycles. The van der Waals surface area contributed by atoms with Gasteiger partial charge in [-0.05, 0) is 11.5 Å². The Morgan fingerprint density at radius 3 is 3.05 bits per heavy atom. The van der Waals surface area contributed by atoms with Gasteiger partial charge in [0, 0.05) is 12.0 Å². The van der Waals surface area contributed by atoms with Crippen molar-refractivity contribution in [2.75, 3.05) is 0 Å². The molecule has 1 N–H and O–H groups in total. The second-order valence-corrected chi connectivity index (χ2v) is 5.51. The van der Waals surface area contributed by atoms with Crippen molar-refractivity contribution in [3.05, 3.63) is 27.7 Å². The van der Waals surface area contributed by atoms with Crippen LogP contribution in [-0.4, -0.2) is 20.7 Å². The number of aromatic amines is 1. The number of rotatable bonds is 1. The lowest BCUT2D eigenvalue weighted by atomic mass is 9.91. The fourth-order valence-corrected chi connectivity index (χ4v) is 2.85. The van der Waals surface area contributed by atoms with Crippen LogP contribution >= 0.6 is 12.2 Å². The third-order valence-corrected chi connectivity index (χ3v) is 4.07. The van der Waals surface area contributed by atoms with Crippen molar-refractivity contribution in [1.82, 2.24) is 14.6 Å². The highest BCUT2D eigenvalue weighted by Gasteiger charge is 2.27. The molecule has 0 aliphatic carbocycles. The van der Waals surface area contributed by atoms with E-state index in [4.69, 9.17) is 17.0 Å². The lowest BCUT2D eigenvalue weighted by molar-refractivity contribution is 0.0000535. The van der Waals surface area contributed by atoms with E-state index in [1.807, 2.05) is 0 Å². The zero-order valence-corrected chi connectivity index (χ0v) is 11.6. The van der Waals surface area contributed by atoms with Gasteiger partial charge in [-0.25, -0.2) is 0 Å². The number of nitriles is 1. The smallest absolute Gasteiger partial charge is 0.139 e. The van der Waals surface area contributed by atoms with E-state index in [1.165, 1.54) is 0 Å². The molecule has 0 saturated carbocycles. The van der Waals surface area contributed by atoms with Crippen molar-refractivity contribution < 1.29 is 4.74 Å². The van der Waals surface area contributed by atoms with Crippen LogP contribution < -0.4 is 0 Å². The van der Waals surface area contributed by atoms with Gasteiger partial charge in [-0.15, -0.1) is 0 Å². The third-order valence-electron chi connectivity index (χ3n) is 3.67. The summed E-state index contributed by atoms with van der Waals surface area (Å²) in [5, 5.41) is 16.3. The largest absolute Gasteiger partial charge is 0.373 e. The number of H-pyrrole nitrogens is 1. The van der Waals surface area contributed by atoms with Crippen molar-refractivity contribution in [3.63, 3.8) is 0 Å². The summed E-state index contributed by atoms with van der Waals surface area (Å²) in [6.07, 6.45) is 2.47. The Labute approximate surface area is 115 Å². The van der Waals surface area contributed by atoms with Crippen LogP contribution in [0.5, 0.6) is 0 Å². The Morgan fingerprint density at radius 1 is 1.58 bits per heavy atom. The summed E-state index contributed by atoms with van der Waals surface area (Å²) in [7, 11) is 0. The molecule has 3 heterocycles. The number of ether oxygens (including phenoxy) is 1. The van der Waals surface area contributed by atoms with Crippen molar-refractivity contribution >= 4 is 17.9 Å². The molecular formula is C13H14N4OS. The molecule has 0 amide bonds. The predicted octanol–water partition coefficient (Wildman–Crippen LogP) is 2.36. The SMILES string of the molecule is CC(C)C1Cc2c(C#N)c(=S)n3cn[nH]c3c2CO1. The summed E-state index contributed by atoms with van der Waals surface area (Å²) in [6, 6.07) is 2.24. The normalized spacial score (nSPS) is 18.5. The summed E-state index contributed by atoms with van der Waals surface area (Å²) in [5.41, 5.74) is 3.43. The maximum atomic E-state index is 9.39. The minimum atomic E-state index is 0.138. The molecule has 5 nitrogen and oxygen atoms in total. The standard InChI is InChI=1S/C13H14N4OS/c1-7(2)11-3-8-9(4-14)13(19)17-6-15-16-12(17)10(8)5-18-11/h6-7,11,16H,3,5H2,1-2H3. The molecule has 6 heteroatoms. The number of nitrogens with zero attached hydrogens (tertiary/aromatic N) is 3. The number of fused-ring (bicyclic) bond motifs is 3. The summed E-state index contributed by atoms with van der Waals surface area (Å²) >= 11 is 5.38. The van der Waals surface area contributed by atoms with Crippen molar-refractivity contribution in [1.29, 1.82) is 5.26 Å². The first-order valence-corrected chi connectivity index (χ1v) is 6.65. The number of hydrogen-bond donors (Lipinski definition) is 1. The number of pyridine rings is 1. The second kappa shape index (κ2) is 4.44. The molecule has 1 unspecified atom stereocenters. The van der Waals surface area contributed by atoms with Crippen molar-refractivity contribution in [3.8, 4) is 6.07 Å². The van der Waals surface area contributed by atoms with Crippen molar-refractivity contribution in [2.24, 2.45) is 5.92 Å². The van der Waals surface area contributed by atoms with Gasteiger partial charge < -0.3 is 4.74 Å². The van der Waals surface area contributed by atoms with E-state index in [2.05, 4.69) is 30.1 Å². The second-order valence-electron chi connectivity index (χ2n) is 5.12. The first-order valence-electron chi connectivity index (χ1n) is 6.24. The maximum absolute atomic E-state index is 9.39. The van der Waals surface area contributed by atoms with Gasteiger partial charge in [0.25, 0.3) is 0 Å². The summed E-state index contributed by atoms with van der Waals surface area (Å²) < 4.78 is 8.14. The van der Waals surface area contributed by atoms with E-state index in [9.17, 15) is 5.26 Å². The van der Waals surface area contributed by atoms with Crippen LogP contribution in [0.25, 0.3) is 5.65 Å². The number of nitrogens with one attached hydrogen (secondary N) is 1. The monoisotopic (exact) mass is 274 g/mol. The van der Waals surface area contributed by atoms with Gasteiger partial charge in [-0.1, -0.05) is 26.1 Å². The minimum absolute atomic E-state index is 0.138. The topological polar surface area (TPSA) is 66.1 Å². The van der Waals surface area contributed by atoms with Gasteiger partial charge in [-0.3, -0.25) is 9.50 Å². The molecule has 0 radical (unpaired) electrons. The highest BCUT2D eigenvalue weighted by atomic mass is 32.1. The van der Waals surface area contributed by atoms with Gasteiger partial charge in [0.1, 0.15) is 22.7 Å². The first kappa shape index (κ1) is 12.3. The average Bonchev–Trinajstić information content (AvgIpc) is 2.88. The fraction of sp³-hybridized carbons (Fsp3) is 0.462. The molecule has 0 bridgehead atoms. The molecule has 1 atom stereocenters. The molecular weight excluding hydrogens is 260 g/mol. The molecule has 1 aliphatic rings. The Bertz CT molecular complexity index is 737. The average molecular weight is 274 g/mol. The van der Waals surface area contributed by atoms with Gasteiger partial charge in [-0.2, -0.15) is 10.4 Å². The van der Waals surface area contributed by atoms with Gasteiger partial charge in [0.15, 0.2) is 0 Å². The molecule has 0 saturated heterocycles. The van der Waals surface area contributed by atoms with E-state index in [0.717, 1.165) is 23.2 Å².